The number of hydrogen-bond donors (Lipinski definition) is 1. The normalized spacial score (nSPS) is 10.8. The maximum absolute atomic E-state index is 14.7. The Balaban J connectivity index is 2.16. The molecule has 0 aliphatic rings. The minimum atomic E-state index is -1.65. The van der Waals surface area contributed by atoms with Gasteiger partial charge < -0.3 is 5.73 Å². The summed E-state index contributed by atoms with van der Waals surface area (Å²) >= 11 is 18.6. The predicted molar refractivity (Wildman–Crippen MR) is 125 cm³/mol. The van der Waals surface area contributed by atoms with Gasteiger partial charge in [-0.05, 0) is 53.6 Å². The number of carbonyl (C=O) groups excluding carboxylic acids is 1. The van der Waals surface area contributed by atoms with Crippen LogP contribution in [0.15, 0.2) is 72.9 Å². The summed E-state index contributed by atoms with van der Waals surface area (Å²) in [5, 5.41) is 1.21. The van der Waals surface area contributed by atoms with Crippen LogP contribution in [0.4, 0.5) is 10.1 Å². The molecule has 0 fully saturated rings. The van der Waals surface area contributed by atoms with Crippen LogP contribution in [0.1, 0.15) is 10.4 Å². The van der Waals surface area contributed by atoms with Gasteiger partial charge in [0.25, 0.3) is 0 Å². The number of benzene rings is 3. The van der Waals surface area contributed by atoms with Gasteiger partial charge in [-0.15, -0.1) is 0 Å². The summed E-state index contributed by atoms with van der Waals surface area (Å²) in [7, 11) is 0. The number of rotatable bonds is 4. The minimum absolute atomic E-state index is 0.201. The first kappa shape index (κ1) is 21.3. The SMILES string of the molecule is Nc1cc(-c2ccc(Cl)cc2)c(-c2ccc(Cl)cc2Cl)c(C(=O)F)c1-c1ccccn1. The van der Waals surface area contributed by atoms with Crippen molar-refractivity contribution in [3.8, 4) is 33.5 Å². The third-order valence-electron chi connectivity index (χ3n) is 4.83. The summed E-state index contributed by atoms with van der Waals surface area (Å²) < 4.78 is 14.7. The van der Waals surface area contributed by atoms with Gasteiger partial charge >= 0.3 is 6.04 Å². The van der Waals surface area contributed by atoms with E-state index in [2.05, 4.69) is 4.98 Å². The molecule has 0 atom stereocenters. The van der Waals surface area contributed by atoms with E-state index < -0.39 is 6.04 Å². The van der Waals surface area contributed by atoms with Gasteiger partial charge in [0.15, 0.2) is 0 Å². The lowest BCUT2D eigenvalue weighted by atomic mass is 9.86. The molecule has 4 rings (SSSR count). The number of anilines is 1. The summed E-state index contributed by atoms with van der Waals surface area (Å²) in [6.45, 7) is 0. The van der Waals surface area contributed by atoms with Gasteiger partial charge in [0, 0.05) is 43.6 Å². The summed E-state index contributed by atoms with van der Waals surface area (Å²) in [6, 6.07) is 16.9. The standard InChI is InChI=1S/C24H14Cl3FN2O/c25-14-6-4-13(5-7-14)17-12-19(29)22(20-3-1-2-10-30-20)23(24(28)31)21(17)16-9-8-15(26)11-18(16)27/h1-12H,29H2. The second-order valence-corrected chi connectivity index (χ2v) is 8.04. The van der Waals surface area contributed by atoms with Crippen molar-refractivity contribution in [1.82, 2.24) is 4.98 Å². The Morgan fingerprint density at radius 1 is 0.839 bits per heavy atom. The van der Waals surface area contributed by atoms with Crippen molar-refractivity contribution in [3.05, 3.63) is 93.6 Å². The smallest absolute Gasteiger partial charge is 0.333 e. The van der Waals surface area contributed by atoms with E-state index in [1.807, 2.05) is 0 Å². The van der Waals surface area contributed by atoms with Crippen molar-refractivity contribution in [2.24, 2.45) is 0 Å². The number of hydrogen-bond acceptors (Lipinski definition) is 3. The fraction of sp³-hybridized carbons (Fsp3) is 0. The van der Waals surface area contributed by atoms with E-state index in [9.17, 15) is 9.18 Å². The minimum Gasteiger partial charge on any atom is -0.398 e. The van der Waals surface area contributed by atoms with Crippen LogP contribution in [0.5, 0.6) is 0 Å². The molecule has 0 aliphatic carbocycles. The lowest BCUT2D eigenvalue weighted by Crippen LogP contribution is -2.06. The van der Waals surface area contributed by atoms with E-state index in [1.54, 1.807) is 66.9 Å². The lowest BCUT2D eigenvalue weighted by molar-refractivity contribution is 0.0837. The first-order valence-corrected chi connectivity index (χ1v) is 10.3. The summed E-state index contributed by atoms with van der Waals surface area (Å²) in [5.74, 6) is 0. The Morgan fingerprint density at radius 3 is 2.16 bits per heavy atom. The van der Waals surface area contributed by atoms with E-state index in [-0.39, 0.29) is 21.8 Å². The van der Waals surface area contributed by atoms with Crippen LogP contribution in [-0.2, 0) is 0 Å². The van der Waals surface area contributed by atoms with Crippen molar-refractivity contribution < 1.29 is 9.18 Å². The van der Waals surface area contributed by atoms with Crippen LogP contribution in [0.3, 0.4) is 0 Å². The zero-order valence-corrected chi connectivity index (χ0v) is 18.1. The molecule has 1 heterocycles. The summed E-state index contributed by atoms with van der Waals surface area (Å²) in [4.78, 5) is 16.6. The van der Waals surface area contributed by atoms with Gasteiger partial charge in [0.2, 0.25) is 0 Å². The van der Waals surface area contributed by atoms with E-state index in [4.69, 9.17) is 40.5 Å². The average molecular weight is 472 g/mol. The van der Waals surface area contributed by atoms with Crippen LogP contribution in [0, 0.1) is 0 Å². The largest absolute Gasteiger partial charge is 0.398 e. The molecule has 0 aliphatic heterocycles. The van der Waals surface area contributed by atoms with Crippen LogP contribution < -0.4 is 5.73 Å². The third-order valence-corrected chi connectivity index (χ3v) is 5.63. The molecule has 7 heteroatoms. The van der Waals surface area contributed by atoms with Gasteiger partial charge in [-0.3, -0.25) is 9.78 Å². The molecule has 4 aromatic rings. The van der Waals surface area contributed by atoms with Crippen molar-refractivity contribution in [3.63, 3.8) is 0 Å². The van der Waals surface area contributed by atoms with Gasteiger partial charge in [0.1, 0.15) is 0 Å². The number of nitrogen functional groups attached to an aromatic ring is 1. The molecule has 0 saturated carbocycles. The number of pyridine rings is 1. The monoisotopic (exact) mass is 470 g/mol. The van der Waals surface area contributed by atoms with Crippen LogP contribution in [0.25, 0.3) is 33.5 Å². The van der Waals surface area contributed by atoms with E-state index in [1.165, 1.54) is 6.07 Å². The number of carbonyl (C=O) groups is 1. The Hall–Kier alpha value is -2.92. The molecule has 0 radical (unpaired) electrons. The first-order valence-electron chi connectivity index (χ1n) is 9.16. The molecule has 3 aromatic carbocycles. The number of aromatic nitrogens is 1. The third kappa shape index (κ3) is 4.15. The van der Waals surface area contributed by atoms with Crippen molar-refractivity contribution in [1.29, 1.82) is 0 Å². The van der Waals surface area contributed by atoms with Crippen molar-refractivity contribution >= 4 is 46.5 Å². The first-order chi connectivity index (χ1) is 14.9. The lowest BCUT2D eigenvalue weighted by Gasteiger charge is -2.20. The van der Waals surface area contributed by atoms with Crippen molar-refractivity contribution in [2.75, 3.05) is 5.73 Å². The van der Waals surface area contributed by atoms with Gasteiger partial charge in [-0.2, -0.15) is 4.39 Å². The Morgan fingerprint density at radius 2 is 1.55 bits per heavy atom. The zero-order chi connectivity index (χ0) is 22.1. The molecule has 3 nitrogen and oxygen atoms in total. The molecule has 0 bridgehead atoms. The maximum atomic E-state index is 14.7. The van der Waals surface area contributed by atoms with Gasteiger partial charge in [0.05, 0.1) is 11.3 Å². The fourth-order valence-electron chi connectivity index (χ4n) is 3.52. The highest BCUT2D eigenvalue weighted by Crippen LogP contribution is 2.45. The molecular weight excluding hydrogens is 458 g/mol. The maximum Gasteiger partial charge on any atom is 0.333 e. The van der Waals surface area contributed by atoms with Crippen LogP contribution in [0.2, 0.25) is 15.1 Å². The summed E-state index contributed by atoms with van der Waals surface area (Å²) in [6.07, 6.45) is 1.54. The predicted octanol–water partition coefficient (Wildman–Crippen LogP) is 7.73. The highest BCUT2D eigenvalue weighted by Gasteiger charge is 2.27. The molecule has 31 heavy (non-hydrogen) atoms. The second kappa shape index (κ2) is 8.67. The van der Waals surface area contributed by atoms with Crippen LogP contribution >= 0.6 is 34.8 Å². The number of nitrogens with two attached hydrogens (primary N) is 1. The molecule has 0 unspecified atom stereocenters. The molecule has 0 amide bonds. The number of halogens is 4. The van der Waals surface area contributed by atoms with E-state index in [0.29, 0.717) is 38.0 Å². The van der Waals surface area contributed by atoms with Gasteiger partial charge in [-0.25, -0.2) is 0 Å². The molecule has 0 saturated heterocycles. The Labute approximate surface area is 193 Å². The molecular formula is C24H14Cl3FN2O. The fourth-order valence-corrected chi connectivity index (χ4v) is 4.15. The molecule has 154 valence electrons. The van der Waals surface area contributed by atoms with Crippen molar-refractivity contribution in [2.45, 2.75) is 0 Å². The molecule has 1 aromatic heterocycles. The highest BCUT2D eigenvalue weighted by molar-refractivity contribution is 6.37. The van der Waals surface area contributed by atoms with E-state index >= 15 is 0 Å². The van der Waals surface area contributed by atoms with Crippen LogP contribution in [-0.4, -0.2) is 11.0 Å². The van der Waals surface area contributed by atoms with Gasteiger partial charge in [-0.1, -0.05) is 59.1 Å². The topological polar surface area (TPSA) is 56.0 Å². The Kier molecular flexibility index (Phi) is 5.96. The second-order valence-electron chi connectivity index (χ2n) is 6.76. The number of nitrogens with zero attached hydrogens (tertiary/aromatic N) is 1. The average Bonchev–Trinajstić information content (AvgIpc) is 2.74. The zero-order valence-electron chi connectivity index (χ0n) is 15.9. The highest BCUT2D eigenvalue weighted by atomic mass is 35.5. The quantitative estimate of drug-likeness (QED) is 0.245. The molecule has 0 spiro atoms. The Bertz CT molecular complexity index is 1290. The summed E-state index contributed by atoms with van der Waals surface area (Å²) in [5.41, 5.74) is 8.84. The van der Waals surface area contributed by atoms with E-state index in [0.717, 1.165) is 0 Å². The molecule has 2 N–H and O–H groups in total.